The highest BCUT2D eigenvalue weighted by Crippen LogP contribution is 2.36. The van der Waals surface area contributed by atoms with Crippen molar-refractivity contribution in [3.8, 4) is 0 Å². The number of sulfonamides is 1. The standard InChI is InChI=1S/C30H38ClFN4O6S/c31-21-8-6-19(7-9-21)27(20-12-14-42-15-13-20)28(35-30(38)39)29(37)34-26-5-1-4-25(32)24(26)11-10-23-17-33-22-3-2-16-43(40,41)36(23)18-22/h1,4-9,20,22-23,27-28,33,35H,2-3,10-18H2,(H,34,37)(H,38,39)/t22?,23?,27-,28-/m0/s1. The number of carbonyl (C=O) groups excluding carboxylic acids is 1. The van der Waals surface area contributed by atoms with Crippen LogP contribution in [0.15, 0.2) is 42.5 Å². The van der Waals surface area contributed by atoms with E-state index in [2.05, 4.69) is 16.0 Å². The number of rotatable bonds is 9. The van der Waals surface area contributed by atoms with Gasteiger partial charge in [0, 0.05) is 60.6 Å². The molecule has 0 aliphatic carbocycles. The number of anilines is 1. The molecular weight excluding hydrogens is 599 g/mol. The molecule has 2 amide bonds. The van der Waals surface area contributed by atoms with Crippen molar-refractivity contribution >= 4 is 39.3 Å². The van der Waals surface area contributed by atoms with Gasteiger partial charge in [-0.1, -0.05) is 29.8 Å². The van der Waals surface area contributed by atoms with Crippen molar-refractivity contribution in [2.75, 3.05) is 37.4 Å². The third-order valence-corrected chi connectivity index (χ3v) is 11.0. The second-order valence-electron chi connectivity index (χ2n) is 11.5. The summed E-state index contributed by atoms with van der Waals surface area (Å²) in [4.78, 5) is 25.8. The number of nitrogens with zero attached hydrogens (tertiary/aromatic N) is 1. The van der Waals surface area contributed by atoms with Gasteiger partial charge in [-0.2, -0.15) is 4.31 Å². The van der Waals surface area contributed by atoms with Crippen LogP contribution in [-0.2, 0) is 26.0 Å². The number of piperazine rings is 1. The van der Waals surface area contributed by atoms with Crippen molar-refractivity contribution < 1.29 is 32.2 Å². The molecule has 5 rings (SSSR count). The van der Waals surface area contributed by atoms with Gasteiger partial charge in [-0.25, -0.2) is 17.6 Å². The Bertz CT molecular complexity index is 1410. The molecule has 2 aromatic carbocycles. The van der Waals surface area contributed by atoms with Gasteiger partial charge >= 0.3 is 6.09 Å². The first-order valence-corrected chi connectivity index (χ1v) is 16.7. The van der Waals surface area contributed by atoms with Crippen LogP contribution >= 0.6 is 11.6 Å². The first-order chi connectivity index (χ1) is 20.6. The largest absolute Gasteiger partial charge is 0.465 e. The third kappa shape index (κ3) is 7.66. The molecule has 3 aliphatic heterocycles. The van der Waals surface area contributed by atoms with E-state index >= 15 is 4.39 Å². The minimum Gasteiger partial charge on any atom is -0.465 e. The number of amides is 2. The molecule has 3 unspecified atom stereocenters. The highest BCUT2D eigenvalue weighted by Gasteiger charge is 2.39. The van der Waals surface area contributed by atoms with Gasteiger partial charge in [0.15, 0.2) is 0 Å². The van der Waals surface area contributed by atoms with Crippen LogP contribution in [-0.4, -0.2) is 80.0 Å². The Morgan fingerprint density at radius 2 is 1.88 bits per heavy atom. The maximum absolute atomic E-state index is 15.3. The summed E-state index contributed by atoms with van der Waals surface area (Å²) in [5.41, 5.74) is 1.23. The van der Waals surface area contributed by atoms with E-state index in [1.165, 1.54) is 12.1 Å². The Kier molecular flexibility index (Phi) is 10.2. The fourth-order valence-electron chi connectivity index (χ4n) is 6.64. The summed E-state index contributed by atoms with van der Waals surface area (Å²) in [7, 11) is -3.41. The molecule has 2 bridgehead atoms. The molecular formula is C30H38ClFN4O6S. The van der Waals surface area contributed by atoms with E-state index in [0.29, 0.717) is 57.0 Å². The number of carbonyl (C=O) groups is 2. The molecule has 3 fully saturated rings. The average Bonchev–Trinajstić information content (AvgIpc) is 3.09. The second kappa shape index (κ2) is 13.9. The summed E-state index contributed by atoms with van der Waals surface area (Å²) in [6.45, 7) is 1.86. The minimum atomic E-state index is -3.41. The fourth-order valence-corrected chi connectivity index (χ4v) is 8.58. The zero-order valence-corrected chi connectivity index (χ0v) is 25.4. The summed E-state index contributed by atoms with van der Waals surface area (Å²) in [6, 6.07) is 9.94. The molecule has 3 saturated heterocycles. The molecule has 4 N–H and O–H groups in total. The topological polar surface area (TPSA) is 137 Å². The van der Waals surface area contributed by atoms with E-state index in [1.807, 2.05) is 0 Å². The number of hydrogen-bond donors (Lipinski definition) is 4. The Balaban J connectivity index is 1.39. The van der Waals surface area contributed by atoms with Gasteiger partial charge in [0.05, 0.1) is 5.75 Å². The van der Waals surface area contributed by atoms with Gasteiger partial charge < -0.3 is 25.8 Å². The molecule has 13 heteroatoms. The predicted octanol–water partition coefficient (Wildman–Crippen LogP) is 3.96. The summed E-state index contributed by atoms with van der Waals surface area (Å²) in [5, 5.41) is 18.9. The lowest BCUT2D eigenvalue weighted by atomic mass is 9.76. The van der Waals surface area contributed by atoms with E-state index < -0.39 is 39.8 Å². The Morgan fingerprint density at radius 1 is 1.14 bits per heavy atom. The Hall–Kier alpha value is -2.77. The number of halogens is 2. The zero-order valence-electron chi connectivity index (χ0n) is 23.8. The number of fused-ring (bicyclic) bond motifs is 2. The van der Waals surface area contributed by atoms with Crippen molar-refractivity contribution in [3.63, 3.8) is 0 Å². The van der Waals surface area contributed by atoms with Crippen LogP contribution in [0.4, 0.5) is 14.9 Å². The number of carboxylic acid groups (broad SMARTS) is 1. The summed E-state index contributed by atoms with van der Waals surface area (Å²) in [6.07, 6.45) is 1.86. The minimum absolute atomic E-state index is 0.0530. The van der Waals surface area contributed by atoms with Crippen molar-refractivity contribution in [1.29, 1.82) is 0 Å². The average molecular weight is 637 g/mol. The molecule has 0 aromatic heterocycles. The number of ether oxygens (including phenoxy) is 1. The van der Waals surface area contributed by atoms with E-state index in [4.69, 9.17) is 16.3 Å². The van der Waals surface area contributed by atoms with E-state index in [0.717, 1.165) is 12.0 Å². The van der Waals surface area contributed by atoms with Gasteiger partial charge in [0.25, 0.3) is 0 Å². The van der Waals surface area contributed by atoms with Gasteiger partial charge in [-0.05, 0) is 74.3 Å². The molecule has 10 nitrogen and oxygen atoms in total. The molecule has 3 aliphatic rings. The maximum atomic E-state index is 15.3. The van der Waals surface area contributed by atoms with Crippen LogP contribution in [0, 0.1) is 11.7 Å². The van der Waals surface area contributed by atoms with Gasteiger partial charge in [0.1, 0.15) is 11.9 Å². The van der Waals surface area contributed by atoms with Crippen LogP contribution in [0.25, 0.3) is 0 Å². The van der Waals surface area contributed by atoms with Crippen LogP contribution < -0.4 is 16.0 Å². The maximum Gasteiger partial charge on any atom is 0.405 e. The first-order valence-electron chi connectivity index (χ1n) is 14.8. The van der Waals surface area contributed by atoms with E-state index in [1.54, 1.807) is 34.6 Å². The van der Waals surface area contributed by atoms with Gasteiger partial charge in [0.2, 0.25) is 15.9 Å². The molecule has 2 aromatic rings. The summed E-state index contributed by atoms with van der Waals surface area (Å²) < 4.78 is 48.1. The van der Waals surface area contributed by atoms with Crippen LogP contribution in [0.1, 0.15) is 49.1 Å². The molecule has 0 radical (unpaired) electrons. The summed E-state index contributed by atoms with van der Waals surface area (Å²) >= 11 is 6.12. The number of nitrogens with one attached hydrogen (secondary N) is 3. The Morgan fingerprint density at radius 3 is 2.60 bits per heavy atom. The smallest absolute Gasteiger partial charge is 0.405 e. The zero-order chi connectivity index (χ0) is 30.6. The van der Waals surface area contributed by atoms with Crippen LogP contribution in [0.2, 0.25) is 5.02 Å². The van der Waals surface area contributed by atoms with Crippen molar-refractivity contribution in [2.45, 2.75) is 62.6 Å². The second-order valence-corrected chi connectivity index (χ2v) is 14.0. The van der Waals surface area contributed by atoms with Crippen molar-refractivity contribution in [3.05, 3.63) is 64.4 Å². The molecule has 0 spiro atoms. The SMILES string of the molecule is O=C(O)N[C@H](C(=O)Nc1cccc(F)c1CCC1CNC2CCCS(=O)(=O)N1C2)[C@@H](c1ccc(Cl)cc1)C1CCOCC1. The van der Waals surface area contributed by atoms with Gasteiger partial charge in [-0.15, -0.1) is 0 Å². The van der Waals surface area contributed by atoms with Crippen molar-refractivity contribution in [1.82, 2.24) is 14.9 Å². The number of benzene rings is 2. The molecule has 0 saturated carbocycles. The lowest BCUT2D eigenvalue weighted by molar-refractivity contribution is -0.119. The monoisotopic (exact) mass is 636 g/mol. The molecule has 43 heavy (non-hydrogen) atoms. The predicted molar refractivity (Wildman–Crippen MR) is 161 cm³/mol. The highest BCUT2D eigenvalue weighted by molar-refractivity contribution is 7.89. The molecule has 5 atom stereocenters. The quantitative estimate of drug-likeness (QED) is 0.327. The van der Waals surface area contributed by atoms with Crippen molar-refractivity contribution in [2.24, 2.45) is 5.92 Å². The third-order valence-electron chi connectivity index (χ3n) is 8.82. The lowest BCUT2D eigenvalue weighted by Gasteiger charge is -2.37. The van der Waals surface area contributed by atoms with Crippen LogP contribution in [0.3, 0.4) is 0 Å². The fraction of sp³-hybridized carbons (Fsp3) is 0.533. The number of hydrogen-bond acceptors (Lipinski definition) is 6. The lowest BCUT2D eigenvalue weighted by Crippen LogP contribution is -2.57. The van der Waals surface area contributed by atoms with Crippen LogP contribution in [0.5, 0.6) is 0 Å². The normalized spacial score (nSPS) is 25.2. The molecule has 3 heterocycles. The summed E-state index contributed by atoms with van der Waals surface area (Å²) in [5.74, 6) is -1.62. The van der Waals surface area contributed by atoms with E-state index in [-0.39, 0.29) is 41.4 Å². The van der Waals surface area contributed by atoms with Gasteiger partial charge in [-0.3, -0.25) is 4.79 Å². The molecule has 234 valence electrons. The highest BCUT2D eigenvalue weighted by atomic mass is 35.5. The first kappa shape index (κ1) is 31.6. The Labute approximate surface area is 256 Å². The van der Waals surface area contributed by atoms with E-state index in [9.17, 15) is 23.1 Å².